The molecule has 0 aliphatic heterocycles. The van der Waals surface area contributed by atoms with Crippen LogP contribution in [0.4, 0.5) is 8.78 Å². The van der Waals surface area contributed by atoms with E-state index in [0.29, 0.717) is 12.8 Å². The van der Waals surface area contributed by atoms with Crippen molar-refractivity contribution in [2.24, 2.45) is 11.8 Å². The van der Waals surface area contributed by atoms with Crippen LogP contribution in [0, 0.1) is 11.8 Å². The SMILES string of the molecule is O=C1C2CCC(C2)C1OC(=O)C(F)(F)SO[O-]. The van der Waals surface area contributed by atoms with Crippen LogP contribution >= 0.6 is 12.0 Å². The number of carbonyl (C=O) groups excluding carboxylic acids is 2. The van der Waals surface area contributed by atoms with Crippen LogP contribution in [-0.4, -0.2) is 23.1 Å². The van der Waals surface area contributed by atoms with Crippen molar-refractivity contribution in [3.8, 4) is 0 Å². The summed E-state index contributed by atoms with van der Waals surface area (Å²) < 4.78 is 33.2. The molecule has 2 saturated carbocycles. The zero-order valence-electron chi connectivity index (χ0n) is 8.56. The van der Waals surface area contributed by atoms with Gasteiger partial charge in [0.1, 0.15) is 0 Å². The number of esters is 1. The number of hydrogen-bond acceptors (Lipinski definition) is 6. The van der Waals surface area contributed by atoms with Crippen LogP contribution in [0.5, 0.6) is 0 Å². The minimum Gasteiger partial charge on any atom is -0.710 e. The normalized spacial score (nSPS) is 31.9. The van der Waals surface area contributed by atoms with Crippen molar-refractivity contribution in [2.45, 2.75) is 30.6 Å². The van der Waals surface area contributed by atoms with E-state index in [4.69, 9.17) is 0 Å². The fraction of sp³-hybridized carbons (Fsp3) is 0.778. The molecule has 2 aliphatic rings. The number of ether oxygens (including phenoxy) is 1. The maximum absolute atomic E-state index is 12.9. The first-order chi connectivity index (χ1) is 7.95. The van der Waals surface area contributed by atoms with Gasteiger partial charge in [0.25, 0.3) is 0 Å². The summed E-state index contributed by atoms with van der Waals surface area (Å²) in [5, 5.41) is 5.51. The van der Waals surface area contributed by atoms with E-state index in [9.17, 15) is 23.6 Å². The third-order valence-electron chi connectivity index (χ3n) is 3.19. The van der Waals surface area contributed by atoms with Crippen molar-refractivity contribution in [2.75, 3.05) is 0 Å². The van der Waals surface area contributed by atoms with Crippen molar-refractivity contribution in [3.05, 3.63) is 0 Å². The maximum atomic E-state index is 12.9. The molecule has 5 nitrogen and oxygen atoms in total. The van der Waals surface area contributed by atoms with Gasteiger partial charge in [-0.3, -0.25) is 4.79 Å². The molecule has 3 unspecified atom stereocenters. The second-order valence-electron chi connectivity index (χ2n) is 4.17. The van der Waals surface area contributed by atoms with Gasteiger partial charge in [-0.1, -0.05) is 0 Å². The first-order valence-corrected chi connectivity index (χ1v) is 5.80. The predicted molar refractivity (Wildman–Crippen MR) is 49.3 cm³/mol. The molecule has 0 aromatic heterocycles. The number of rotatable bonds is 4. The molecule has 96 valence electrons. The molecule has 3 atom stereocenters. The van der Waals surface area contributed by atoms with Gasteiger partial charge in [-0.15, -0.1) is 0 Å². The molecule has 2 fully saturated rings. The molecule has 2 rings (SSSR count). The molecule has 2 aliphatic carbocycles. The van der Waals surface area contributed by atoms with Crippen molar-refractivity contribution >= 4 is 23.8 Å². The van der Waals surface area contributed by atoms with E-state index >= 15 is 0 Å². The van der Waals surface area contributed by atoms with E-state index < -0.39 is 29.4 Å². The lowest BCUT2D eigenvalue weighted by atomic mass is 9.96. The zero-order valence-corrected chi connectivity index (χ0v) is 9.38. The average molecular weight is 267 g/mol. The number of hydrogen-bond donors (Lipinski definition) is 0. The minimum atomic E-state index is -4.08. The largest absolute Gasteiger partial charge is 0.710 e. The lowest BCUT2D eigenvalue weighted by Crippen LogP contribution is -2.38. The van der Waals surface area contributed by atoms with Crippen LogP contribution in [0.2, 0.25) is 0 Å². The Morgan fingerprint density at radius 1 is 1.47 bits per heavy atom. The third-order valence-corrected chi connectivity index (χ3v) is 3.64. The van der Waals surface area contributed by atoms with Gasteiger partial charge in [0.15, 0.2) is 11.9 Å². The highest BCUT2D eigenvalue weighted by molar-refractivity contribution is 7.96. The Hall–Kier alpha value is -0.730. The van der Waals surface area contributed by atoms with Crippen molar-refractivity contribution in [3.63, 3.8) is 0 Å². The zero-order chi connectivity index (χ0) is 12.6. The van der Waals surface area contributed by atoms with Crippen LogP contribution in [0.1, 0.15) is 19.3 Å². The molecule has 8 heteroatoms. The Bertz CT molecular complexity index is 348. The number of carbonyl (C=O) groups is 2. The monoisotopic (exact) mass is 267 g/mol. The molecule has 0 aromatic carbocycles. The molecule has 2 bridgehead atoms. The van der Waals surface area contributed by atoms with Crippen molar-refractivity contribution in [1.29, 1.82) is 0 Å². The third kappa shape index (κ3) is 2.29. The van der Waals surface area contributed by atoms with Gasteiger partial charge in [-0.25, -0.2) is 4.79 Å². The van der Waals surface area contributed by atoms with Crippen LogP contribution in [0.15, 0.2) is 0 Å². The molecular formula is C9H9F2O5S-. The van der Waals surface area contributed by atoms with E-state index in [0.717, 1.165) is 6.42 Å². The molecule has 17 heavy (non-hydrogen) atoms. The highest BCUT2D eigenvalue weighted by Gasteiger charge is 2.52. The Morgan fingerprint density at radius 2 is 2.18 bits per heavy atom. The molecule has 0 radical (unpaired) electrons. The lowest BCUT2D eigenvalue weighted by molar-refractivity contribution is -0.630. The van der Waals surface area contributed by atoms with E-state index in [1.54, 1.807) is 0 Å². The predicted octanol–water partition coefficient (Wildman–Crippen LogP) is 0.430. The maximum Gasteiger partial charge on any atom is 0.412 e. The van der Waals surface area contributed by atoms with Gasteiger partial charge >= 0.3 is 11.2 Å². The van der Waals surface area contributed by atoms with Gasteiger partial charge in [-0.2, -0.15) is 8.78 Å². The fourth-order valence-corrected chi connectivity index (χ4v) is 2.63. The van der Waals surface area contributed by atoms with E-state index in [1.807, 2.05) is 0 Å². The van der Waals surface area contributed by atoms with E-state index in [1.165, 1.54) is 0 Å². The van der Waals surface area contributed by atoms with Crippen molar-refractivity contribution in [1.82, 2.24) is 0 Å². The van der Waals surface area contributed by atoms with Crippen LogP contribution in [0.25, 0.3) is 0 Å². The van der Waals surface area contributed by atoms with Gasteiger partial charge in [0, 0.05) is 11.8 Å². The Balaban J connectivity index is 1.98. The summed E-state index contributed by atoms with van der Waals surface area (Å²) in [6.45, 7) is 0. The molecule has 0 saturated heterocycles. The van der Waals surface area contributed by atoms with Crippen LogP contribution in [-0.2, 0) is 18.7 Å². The topological polar surface area (TPSA) is 75.7 Å². The lowest BCUT2D eigenvalue weighted by Gasteiger charge is -2.23. The number of alkyl halides is 2. The van der Waals surface area contributed by atoms with Crippen molar-refractivity contribution < 1.29 is 32.7 Å². The van der Waals surface area contributed by atoms with Gasteiger partial charge in [0.2, 0.25) is 0 Å². The van der Waals surface area contributed by atoms with Gasteiger partial charge in [0.05, 0.1) is 12.0 Å². The average Bonchev–Trinajstić information content (AvgIpc) is 2.82. The summed E-state index contributed by atoms with van der Waals surface area (Å²) in [6.07, 6.45) is 0.935. The summed E-state index contributed by atoms with van der Waals surface area (Å²) in [7, 11) is 0. The highest BCUT2D eigenvalue weighted by Crippen LogP contribution is 2.44. The van der Waals surface area contributed by atoms with Crippen LogP contribution in [0.3, 0.4) is 0 Å². The Kier molecular flexibility index (Phi) is 3.37. The number of fused-ring (bicyclic) bond motifs is 2. The summed E-state index contributed by atoms with van der Waals surface area (Å²) in [6, 6.07) is 0. The highest BCUT2D eigenvalue weighted by atomic mass is 32.2. The standard InChI is InChI=1S/C9H10F2O5S/c10-9(11,17-16-14)8(13)15-7-5-2-1-4(3-5)6(7)12/h4-5,7,14H,1-3H2/p-1. The summed E-state index contributed by atoms with van der Waals surface area (Å²) in [5.74, 6) is -2.53. The van der Waals surface area contributed by atoms with Gasteiger partial charge in [-0.05, 0) is 19.3 Å². The quantitative estimate of drug-likeness (QED) is 0.318. The molecular weight excluding hydrogens is 258 g/mol. The second-order valence-corrected chi connectivity index (χ2v) is 4.98. The number of halogens is 2. The first kappa shape index (κ1) is 12.7. The molecule has 0 N–H and O–H groups in total. The molecule has 0 heterocycles. The molecule has 0 amide bonds. The van der Waals surface area contributed by atoms with E-state index in [2.05, 4.69) is 9.07 Å². The van der Waals surface area contributed by atoms with Crippen LogP contribution < -0.4 is 5.26 Å². The fourth-order valence-electron chi connectivity index (χ4n) is 2.43. The Morgan fingerprint density at radius 3 is 2.71 bits per heavy atom. The summed E-state index contributed by atoms with van der Waals surface area (Å²) in [4.78, 5) is 22.6. The van der Waals surface area contributed by atoms with Gasteiger partial charge < -0.3 is 14.3 Å². The summed E-state index contributed by atoms with van der Waals surface area (Å²) in [5.41, 5.74) is 0. The summed E-state index contributed by atoms with van der Waals surface area (Å²) >= 11 is -0.828. The molecule has 0 aromatic rings. The first-order valence-electron chi connectivity index (χ1n) is 5.06. The molecule has 0 spiro atoms. The smallest absolute Gasteiger partial charge is 0.412 e. The minimum absolute atomic E-state index is 0.162. The van der Waals surface area contributed by atoms with E-state index in [-0.39, 0.29) is 17.6 Å². The number of ketones is 1. The second kappa shape index (κ2) is 4.51. The Labute approximate surface area is 99.6 Å². The number of Topliss-reactive ketones (excluding diaryl/α,β-unsaturated/α-hetero) is 1.